The lowest BCUT2D eigenvalue weighted by molar-refractivity contribution is 0.0740. The number of hydrogen-bond acceptors (Lipinski definition) is 7. The fraction of sp³-hybridized carbons (Fsp3) is 0.350. The van der Waals surface area contributed by atoms with Gasteiger partial charge in [0.2, 0.25) is 15.9 Å². The molecule has 2 heterocycles. The molecular formula is C20H25ClN6O4S. The average molecular weight is 481 g/mol. The van der Waals surface area contributed by atoms with Crippen molar-refractivity contribution < 1.29 is 17.9 Å². The Balaban J connectivity index is 1.91. The summed E-state index contributed by atoms with van der Waals surface area (Å²) in [5.74, 6) is 0.0567. The lowest BCUT2D eigenvalue weighted by atomic mass is 10.1. The minimum atomic E-state index is -3.58. The van der Waals surface area contributed by atoms with Crippen LogP contribution in [0.2, 0.25) is 5.02 Å². The molecule has 3 N–H and O–H groups in total. The molecule has 10 nitrogen and oxygen atoms in total. The summed E-state index contributed by atoms with van der Waals surface area (Å²) in [7, 11) is -1.98. The van der Waals surface area contributed by atoms with Gasteiger partial charge in [0.05, 0.1) is 29.2 Å². The van der Waals surface area contributed by atoms with Gasteiger partial charge in [-0.2, -0.15) is 10.1 Å². The van der Waals surface area contributed by atoms with Gasteiger partial charge in [-0.05, 0) is 32.0 Å². The van der Waals surface area contributed by atoms with E-state index in [0.717, 1.165) is 11.8 Å². The molecule has 3 rings (SSSR count). The van der Waals surface area contributed by atoms with Crippen LogP contribution in [0.25, 0.3) is 5.65 Å². The second-order valence-electron chi connectivity index (χ2n) is 7.39. The number of anilines is 1. The van der Waals surface area contributed by atoms with Crippen molar-refractivity contribution in [3.05, 3.63) is 52.3 Å². The summed E-state index contributed by atoms with van der Waals surface area (Å²) in [4.78, 5) is 19.1. The first-order valence-electron chi connectivity index (χ1n) is 9.74. The van der Waals surface area contributed by atoms with Crippen LogP contribution in [-0.2, 0) is 10.0 Å². The van der Waals surface area contributed by atoms with Gasteiger partial charge < -0.3 is 15.4 Å². The van der Waals surface area contributed by atoms with Gasteiger partial charge in [-0.3, -0.25) is 9.52 Å². The number of nitrogens with zero attached hydrogens (tertiary/aromatic N) is 4. The monoisotopic (exact) mass is 480 g/mol. The third-order valence-corrected chi connectivity index (χ3v) is 5.62. The smallest absolute Gasteiger partial charge is 0.256 e. The third-order valence-electron chi connectivity index (χ3n) is 4.80. The van der Waals surface area contributed by atoms with Crippen LogP contribution >= 0.6 is 11.6 Å². The maximum absolute atomic E-state index is 13.2. The Hall–Kier alpha value is -2.89. The number of aromatic nitrogens is 3. The van der Waals surface area contributed by atoms with Gasteiger partial charge in [-0.15, -0.1) is 0 Å². The van der Waals surface area contributed by atoms with Crippen molar-refractivity contribution in [2.75, 3.05) is 31.2 Å². The summed E-state index contributed by atoms with van der Waals surface area (Å²) in [6, 6.07) is 5.71. The summed E-state index contributed by atoms with van der Waals surface area (Å²) >= 11 is 6.06. The second-order valence-corrected chi connectivity index (χ2v) is 9.58. The van der Waals surface area contributed by atoms with Crippen LogP contribution in [0.1, 0.15) is 34.6 Å². The van der Waals surface area contributed by atoms with Crippen LogP contribution in [0.3, 0.4) is 0 Å². The molecule has 172 valence electrons. The number of sulfonamides is 1. The number of nitrogens with one attached hydrogen (secondary N) is 1. The summed E-state index contributed by atoms with van der Waals surface area (Å²) in [6.45, 7) is 4.39. The number of hydrogen-bond donors (Lipinski definition) is 2. The fourth-order valence-corrected chi connectivity index (χ4v) is 3.81. The number of ether oxygens (including phenoxy) is 1. The van der Waals surface area contributed by atoms with Crippen LogP contribution in [-0.4, -0.2) is 60.3 Å². The summed E-state index contributed by atoms with van der Waals surface area (Å²) in [5, 5.41) is 4.84. The molecule has 0 fully saturated rings. The predicted molar refractivity (Wildman–Crippen MR) is 123 cm³/mol. The van der Waals surface area contributed by atoms with Crippen molar-refractivity contribution >= 4 is 38.9 Å². The minimum absolute atomic E-state index is 0.132. The number of nitrogens with two attached hydrogens (primary N) is 1. The molecule has 0 unspecified atom stereocenters. The van der Waals surface area contributed by atoms with Crippen molar-refractivity contribution in [2.24, 2.45) is 5.73 Å². The third kappa shape index (κ3) is 5.29. The fourth-order valence-electron chi connectivity index (χ4n) is 3.06. The Bertz CT molecular complexity index is 1260. The average Bonchev–Trinajstić information content (AvgIpc) is 3.13. The van der Waals surface area contributed by atoms with Crippen LogP contribution < -0.4 is 15.2 Å². The Morgan fingerprint density at radius 2 is 2.09 bits per heavy atom. The SMILES string of the molecule is Cc1cn2nc([C@H](C)N(C)C(=O)c3cc(Cl)ccc3NS(C)(=O)=O)cc2nc1OCCN. The van der Waals surface area contributed by atoms with Crippen molar-refractivity contribution in [1.29, 1.82) is 0 Å². The molecule has 12 heteroatoms. The number of halogens is 1. The number of carbonyl (C=O) groups excluding carboxylic acids is 1. The molecule has 0 radical (unpaired) electrons. The highest BCUT2D eigenvalue weighted by Crippen LogP contribution is 2.27. The minimum Gasteiger partial charge on any atom is -0.476 e. The van der Waals surface area contributed by atoms with E-state index in [2.05, 4.69) is 14.8 Å². The quantitative estimate of drug-likeness (QED) is 0.505. The standard InChI is InChI=1S/C20H25ClN6O4S/c1-12-11-27-18(23-19(12)31-8-7-22)10-17(24-27)13(2)26(3)20(28)15-9-14(21)5-6-16(15)25-32(4,29)30/h5-6,9-11,13,25H,7-8,22H2,1-4H3/t13-/m0/s1. The summed E-state index contributed by atoms with van der Waals surface area (Å²) in [5.41, 5.74) is 7.73. The Labute approximate surface area is 191 Å². The molecule has 1 atom stereocenters. The molecule has 0 aliphatic heterocycles. The van der Waals surface area contributed by atoms with E-state index in [4.69, 9.17) is 22.1 Å². The topological polar surface area (TPSA) is 132 Å². The van der Waals surface area contributed by atoms with Crippen LogP contribution in [0.5, 0.6) is 5.88 Å². The zero-order chi connectivity index (χ0) is 23.6. The molecule has 0 aliphatic rings. The first-order valence-corrected chi connectivity index (χ1v) is 12.0. The Morgan fingerprint density at radius 1 is 1.38 bits per heavy atom. The first-order chi connectivity index (χ1) is 15.0. The van der Waals surface area contributed by atoms with Gasteiger partial charge >= 0.3 is 0 Å². The number of rotatable bonds is 8. The zero-order valence-electron chi connectivity index (χ0n) is 18.2. The molecule has 1 aromatic carbocycles. The molecule has 32 heavy (non-hydrogen) atoms. The van der Waals surface area contributed by atoms with Gasteiger partial charge in [-0.25, -0.2) is 12.9 Å². The van der Waals surface area contributed by atoms with E-state index in [-0.39, 0.29) is 11.3 Å². The first kappa shape index (κ1) is 23.8. The van der Waals surface area contributed by atoms with E-state index in [1.165, 1.54) is 23.1 Å². The number of aryl methyl sites for hydroxylation is 1. The van der Waals surface area contributed by atoms with Crippen molar-refractivity contribution in [2.45, 2.75) is 19.9 Å². The maximum atomic E-state index is 13.2. The largest absolute Gasteiger partial charge is 0.476 e. The predicted octanol–water partition coefficient (Wildman–Crippen LogP) is 2.23. The molecule has 0 saturated carbocycles. The maximum Gasteiger partial charge on any atom is 0.256 e. The second kappa shape index (κ2) is 9.31. The highest BCUT2D eigenvalue weighted by molar-refractivity contribution is 7.92. The number of carbonyl (C=O) groups is 1. The Kier molecular flexibility index (Phi) is 6.91. The van der Waals surface area contributed by atoms with Crippen molar-refractivity contribution in [3.8, 4) is 5.88 Å². The summed E-state index contributed by atoms with van der Waals surface area (Å²) < 4.78 is 32.9. The van der Waals surface area contributed by atoms with E-state index in [0.29, 0.717) is 35.4 Å². The number of fused-ring (bicyclic) bond motifs is 1. The molecule has 0 bridgehead atoms. The highest BCUT2D eigenvalue weighted by Gasteiger charge is 2.25. The molecule has 3 aromatic rings. The highest BCUT2D eigenvalue weighted by atomic mass is 35.5. The van der Waals surface area contributed by atoms with Crippen LogP contribution in [0.15, 0.2) is 30.5 Å². The normalized spacial score (nSPS) is 12.6. The van der Waals surface area contributed by atoms with Gasteiger partial charge in [0, 0.05) is 36.4 Å². The van der Waals surface area contributed by atoms with E-state index in [1.807, 2.05) is 13.8 Å². The van der Waals surface area contributed by atoms with E-state index < -0.39 is 22.0 Å². The molecular weight excluding hydrogens is 456 g/mol. The van der Waals surface area contributed by atoms with E-state index in [9.17, 15) is 13.2 Å². The van der Waals surface area contributed by atoms with Crippen molar-refractivity contribution in [1.82, 2.24) is 19.5 Å². The molecule has 0 spiro atoms. The summed E-state index contributed by atoms with van der Waals surface area (Å²) in [6.07, 6.45) is 2.80. The molecule has 0 saturated heterocycles. The number of amides is 1. The van der Waals surface area contributed by atoms with E-state index in [1.54, 1.807) is 23.8 Å². The van der Waals surface area contributed by atoms with Gasteiger partial charge in [0.25, 0.3) is 5.91 Å². The van der Waals surface area contributed by atoms with Gasteiger partial charge in [0.15, 0.2) is 5.65 Å². The number of benzene rings is 1. The Morgan fingerprint density at radius 3 is 2.75 bits per heavy atom. The van der Waals surface area contributed by atoms with Crippen molar-refractivity contribution in [3.63, 3.8) is 0 Å². The van der Waals surface area contributed by atoms with Gasteiger partial charge in [-0.1, -0.05) is 11.6 Å². The van der Waals surface area contributed by atoms with Crippen LogP contribution in [0.4, 0.5) is 5.69 Å². The van der Waals surface area contributed by atoms with Gasteiger partial charge in [0.1, 0.15) is 6.61 Å². The lowest BCUT2D eigenvalue weighted by Gasteiger charge is -2.24. The molecule has 1 amide bonds. The zero-order valence-corrected chi connectivity index (χ0v) is 19.7. The molecule has 2 aromatic heterocycles. The van der Waals surface area contributed by atoms with E-state index >= 15 is 0 Å². The molecule has 0 aliphatic carbocycles. The lowest BCUT2D eigenvalue weighted by Crippen LogP contribution is -2.31. The van der Waals surface area contributed by atoms with Crippen LogP contribution in [0, 0.1) is 6.92 Å².